The van der Waals surface area contributed by atoms with E-state index >= 15 is 0 Å². The van der Waals surface area contributed by atoms with Crippen LogP contribution >= 0.6 is 23.2 Å². The molecule has 23 nitrogen and oxygen atoms in total. The van der Waals surface area contributed by atoms with Crippen molar-refractivity contribution in [3.63, 3.8) is 0 Å². The van der Waals surface area contributed by atoms with Crippen LogP contribution in [0.1, 0.15) is 115 Å². The minimum absolute atomic E-state index is 0.0815. The first-order valence-electron chi connectivity index (χ1n) is 33.3. The van der Waals surface area contributed by atoms with Gasteiger partial charge in [-0.1, -0.05) is 43.9 Å². The Kier molecular flexibility index (Phi) is 41.8. The largest absolute Gasteiger partial charge is 0.456 e. The average molecular weight is 1410 g/mol. The summed E-state index contributed by atoms with van der Waals surface area (Å²) in [6, 6.07) is 31.9. The number of nitrogens with zero attached hydrogens (tertiary/aromatic N) is 8. The zero-order valence-corrected chi connectivity index (χ0v) is 60.6. The molecule has 0 bridgehead atoms. The van der Waals surface area contributed by atoms with Crippen LogP contribution in [0.4, 0.5) is 21.9 Å². The first-order chi connectivity index (χ1) is 47.5. The molecule has 0 radical (unpaired) electrons. The summed E-state index contributed by atoms with van der Waals surface area (Å²) < 4.78 is 37.3. The van der Waals surface area contributed by atoms with Gasteiger partial charge >= 0.3 is 18.0 Å². The van der Waals surface area contributed by atoms with Gasteiger partial charge in [0, 0.05) is 106 Å². The fraction of sp³-hybridized carbons (Fsp3) is 0.500. The van der Waals surface area contributed by atoms with Gasteiger partial charge in [-0.05, 0) is 152 Å². The molecule has 540 valence electrons. The molecule has 3 heterocycles. The molecule has 0 unspecified atom stereocenters. The van der Waals surface area contributed by atoms with E-state index in [9.17, 15) is 29.7 Å². The Balaban J connectivity index is 0.000000378. The summed E-state index contributed by atoms with van der Waals surface area (Å²) in [5.74, 6) is 0.136. The maximum absolute atomic E-state index is 12.3. The van der Waals surface area contributed by atoms with Crippen LogP contribution < -0.4 is 25.8 Å². The van der Waals surface area contributed by atoms with E-state index in [1.54, 1.807) is 59.7 Å². The topological polar surface area (TPSA) is 307 Å². The Morgan fingerprint density at radius 3 is 1.26 bits per heavy atom. The molecule has 25 heteroatoms. The number of pyridine rings is 3. The van der Waals surface area contributed by atoms with Crippen LogP contribution in [0, 0.1) is 22.7 Å². The number of benzene rings is 3. The molecule has 0 aliphatic carbocycles. The van der Waals surface area contributed by atoms with E-state index < -0.39 is 29.2 Å². The number of nitriles is 2. The number of amides is 1. The van der Waals surface area contributed by atoms with Crippen molar-refractivity contribution in [1.29, 1.82) is 10.5 Å². The van der Waals surface area contributed by atoms with Crippen molar-refractivity contribution in [3.05, 3.63) is 119 Å². The predicted molar refractivity (Wildman–Crippen MR) is 394 cm³/mol. The second-order valence-electron chi connectivity index (χ2n) is 24.5. The first kappa shape index (κ1) is 85.2. The maximum Gasteiger partial charge on any atom is 0.407 e. The van der Waals surface area contributed by atoms with Crippen LogP contribution in [-0.4, -0.2) is 199 Å². The van der Waals surface area contributed by atoms with Crippen LogP contribution in [0.2, 0.25) is 0 Å². The SMILES string of the molecule is CN(CCO)c1ccc2nc(/C=C(\C#N)C(=O)OC(C)(C)C)ccc2c1.CN(CCO)c1ccc2nc(C=O)ccc2c1.CN(CCOC(=O)NCCOCCOCCCCCCCl)c1ccc2nc(/C=C(\C#N)C(=O)OC(C)(C)C)ccc2c1.NCCOCCOCCCCCCCl. The number of carbonyl (C=O) groups is 4. The number of ether oxygens (including phenoxy) is 7. The normalized spacial score (nSPS) is 11.4. The number of esters is 2. The van der Waals surface area contributed by atoms with Crippen LogP contribution in [0.3, 0.4) is 0 Å². The molecule has 3 aromatic heterocycles. The Hall–Kier alpha value is -8.07. The highest BCUT2D eigenvalue weighted by molar-refractivity contribution is 6.18. The van der Waals surface area contributed by atoms with Crippen molar-refractivity contribution in [3.8, 4) is 12.1 Å². The van der Waals surface area contributed by atoms with Crippen LogP contribution in [-0.2, 0) is 42.7 Å². The molecule has 0 aliphatic heterocycles. The molecule has 3 aromatic carbocycles. The van der Waals surface area contributed by atoms with E-state index in [-0.39, 0.29) is 31.0 Å². The Morgan fingerprint density at radius 2 is 0.889 bits per heavy atom. The predicted octanol–water partition coefficient (Wildman–Crippen LogP) is 11.6. The van der Waals surface area contributed by atoms with Crippen LogP contribution in [0.25, 0.3) is 44.9 Å². The molecule has 99 heavy (non-hydrogen) atoms. The Labute approximate surface area is 594 Å². The van der Waals surface area contributed by atoms with Gasteiger partial charge in [0.25, 0.3) is 0 Å². The Bertz CT molecular complexity index is 3520. The van der Waals surface area contributed by atoms with E-state index in [1.807, 2.05) is 121 Å². The van der Waals surface area contributed by atoms with Gasteiger partial charge in [0.15, 0.2) is 6.29 Å². The van der Waals surface area contributed by atoms with Gasteiger partial charge in [0.05, 0.1) is 87.3 Å². The van der Waals surface area contributed by atoms with E-state index in [0.717, 1.165) is 108 Å². The second kappa shape index (κ2) is 48.6. The zero-order chi connectivity index (χ0) is 72.9. The highest BCUT2D eigenvalue weighted by Crippen LogP contribution is 2.25. The molecule has 0 atom stereocenters. The number of unbranched alkanes of at least 4 members (excludes halogenated alkanes) is 6. The highest BCUT2D eigenvalue weighted by atomic mass is 35.5. The smallest absolute Gasteiger partial charge is 0.407 e. The van der Waals surface area contributed by atoms with Crippen molar-refractivity contribution in [2.75, 3.05) is 153 Å². The number of nitrogens with one attached hydrogen (secondary N) is 1. The van der Waals surface area contributed by atoms with Crippen molar-refractivity contribution in [1.82, 2.24) is 20.3 Å². The van der Waals surface area contributed by atoms with E-state index in [1.165, 1.54) is 25.0 Å². The van der Waals surface area contributed by atoms with Gasteiger partial charge in [0.1, 0.15) is 46.8 Å². The van der Waals surface area contributed by atoms with Crippen molar-refractivity contribution < 1.29 is 62.5 Å². The number of fused-ring (bicyclic) bond motifs is 3. The van der Waals surface area contributed by atoms with Gasteiger partial charge < -0.3 is 69.1 Å². The molecule has 1 amide bonds. The van der Waals surface area contributed by atoms with E-state index in [4.69, 9.17) is 72.3 Å². The number of likely N-dealkylation sites (N-methyl/N-ethyl adjacent to an activating group) is 3. The third-order valence-corrected chi connectivity index (χ3v) is 14.5. The lowest BCUT2D eigenvalue weighted by atomic mass is 10.1. The summed E-state index contributed by atoms with van der Waals surface area (Å²) >= 11 is 11.2. The number of aromatic nitrogens is 3. The third-order valence-electron chi connectivity index (χ3n) is 14.0. The number of rotatable bonds is 38. The quantitative estimate of drug-likeness (QED) is 0.00532. The molecule has 6 rings (SSSR count). The number of aldehydes is 1. The lowest BCUT2D eigenvalue weighted by Gasteiger charge is -2.20. The molecule has 0 fully saturated rings. The van der Waals surface area contributed by atoms with Crippen molar-refractivity contribution in [2.45, 2.75) is 104 Å². The fourth-order valence-electron chi connectivity index (χ4n) is 8.83. The van der Waals surface area contributed by atoms with E-state index in [0.29, 0.717) is 101 Å². The van der Waals surface area contributed by atoms with Crippen molar-refractivity contribution >= 4 is 109 Å². The van der Waals surface area contributed by atoms with Crippen LogP contribution in [0.15, 0.2) is 102 Å². The summed E-state index contributed by atoms with van der Waals surface area (Å²) in [6.07, 6.45) is 12.1. The third kappa shape index (κ3) is 36.0. The summed E-state index contributed by atoms with van der Waals surface area (Å²) in [6.45, 7) is 18.4. The molecule has 5 N–H and O–H groups in total. The molecule has 0 aliphatic rings. The van der Waals surface area contributed by atoms with Gasteiger partial charge in [-0.25, -0.2) is 29.3 Å². The first-order valence-corrected chi connectivity index (χ1v) is 34.4. The molecule has 6 aromatic rings. The minimum atomic E-state index is -0.698. The summed E-state index contributed by atoms with van der Waals surface area (Å²) in [5, 5.41) is 42.0. The average Bonchev–Trinajstić information content (AvgIpc) is 0.836. The van der Waals surface area contributed by atoms with Gasteiger partial charge in [-0.15, -0.1) is 23.2 Å². The van der Waals surface area contributed by atoms with Crippen molar-refractivity contribution in [2.24, 2.45) is 5.73 Å². The number of nitrogens with two attached hydrogens (primary N) is 1. The van der Waals surface area contributed by atoms with Crippen LogP contribution in [0.5, 0.6) is 0 Å². The number of hydrogen-bond acceptors (Lipinski definition) is 22. The lowest BCUT2D eigenvalue weighted by molar-refractivity contribution is -0.150. The molecular weight excluding hydrogens is 1310 g/mol. The molecule has 0 saturated carbocycles. The summed E-state index contributed by atoms with van der Waals surface area (Å²) in [7, 11) is 5.73. The number of alkyl halides is 2. The highest BCUT2D eigenvalue weighted by Gasteiger charge is 2.22. The second-order valence-corrected chi connectivity index (χ2v) is 25.3. The number of carbonyl (C=O) groups excluding carboxylic acids is 4. The molecule has 0 spiro atoms. The van der Waals surface area contributed by atoms with Gasteiger partial charge in [0.2, 0.25) is 0 Å². The number of hydrogen-bond donors (Lipinski definition) is 4. The van der Waals surface area contributed by atoms with Gasteiger partial charge in [-0.3, -0.25) is 4.79 Å². The molecule has 0 saturated heterocycles. The number of alkyl carbamates (subject to hydrolysis) is 1. The summed E-state index contributed by atoms with van der Waals surface area (Å²) in [4.78, 5) is 66.0. The fourth-order valence-corrected chi connectivity index (χ4v) is 9.21. The van der Waals surface area contributed by atoms with Gasteiger partial charge in [-0.2, -0.15) is 10.5 Å². The lowest BCUT2D eigenvalue weighted by Crippen LogP contribution is -2.31. The standard InChI is InChI=1S/C31H43ClN4O6.C20H23N3O3.C13H14N2O2.C10H22ClNO2/c1-31(2,3)42-29(37)25(23-33)21-26-10-9-24-22-27(11-12-28(24)35-26)36(4)15-18-41-30(38)34-14-17-40-20-19-39-16-8-6-5-7-13-32;1-20(2,3)26-19(25)15(13-21)11-16-6-5-14-12-17(23(4)9-10-24)7-8-18(14)22-16;1-15(6-7-16)12-4-5-13-10(8-12)2-3-11(9-17)14-13;11-5-3-1-2-4-7-13-9-10-14-8-6-12/h9-12,21-22H,5-8,13-20H2,1-4H3,(H,34,38);5-8,11-12,24H,9-10H2,1-4H3;2-5,8-9,16H,6-7H2,1H3;1-10,12H2/b25-21+;15-11+;;. The number of aliphatic hydroxyl groups excluding tert-OH is 2. The summed E-state index contributed by atoms with van der Waals surface area (Å²) in [5.41, 5.74) is 10.3. The monoisotopic (exact) mass is 1410 g/mol. The Morgan fingerprint density at radius 1 is 0.515 bits per heavy atom. The number of halogens is 2. The molecular formula is C74H102Cl2N10O13. The van der Waals surface area contributed by atoms with E-state index in [2.05, 4.69) is 20.3 Å². The number of anilines is 3. The zero-order valence-electron chi connectivity index (χ0n) is 59.1. The maximum atomic E-state index is 12.3. The number of aliphatic hydroxyl groups is 2. The minimum Gasteiger partial charge on any atom is -0.456 e.